The van der Waals surface area contributed by atoms with Crippen molar-refractivity contribution in [2.45, 2.75) is 5.75 Å². The summed E-state index contributed by atoms with van der Waals surface area (Å²) in [6.45, 7) is 0. The first-order valence-corrected chi connectivity index (χ1v) is 9.34. The fourth-order valence-corrected chi connectivity index (χ4v) is 3.47. The molecule has 0 aliphatic heterocycles. The number of nitrogens with zero attached hydrogens (tertiary/aromatic N) is 1. The Bertz CT molecular complexity index is 952. The van der Waals surface area contributed by atoms with Gasteiger partial charge in [0.15, 0.2) is 5.78 Å². The summed E-state index contributed by atoms with van der Waals surface area (Å²) in [5, 5.41) is 10.8. The summed E-state index contributed by atoms with van der Waals surface area (Å²) < 4.78 is 0. The van der Waals surface area contributed by atoms with Gasteiger partial charge in [-0.15, -0.1) is 11.8 Å². The first-order chi connectivity index (χ1) is 13.1. The minimum absolute atomic E-state index is 0.0278. The number of non-ortho nitro benzene ring substituents is 1. The molecule has 0 aliphatic rings. The van der Waals surface area contributed by atoms with Gasteiger partial charge >= 0.3 is 0 Å². The zero-order valence-electron chi connectivity index (χ0n) is 14.4. The predicted octanol–water partition coefficient (Wildman–Crippen LogP) is 5.75. The highest BCUT2D eigenvalue weighted by Crippen LogP contribution is 2.27. The van der Waals surface area contributed by atoms with Gasteiger partial charge in [0, 0.05) is 23.4 Å². The van der Waals surface area contributed by atoms with Crippen LogP contribution in [0.1, 0.15) is 21.5 Å². The van der Waals surface area contributed by atoms with E-state index >= 15 is 0 Å². The number of hydrogen-bond donors (Lipinski definition) is 0. The Kier molecular flexibility index (Phi) is 6.18. The molecule has 4 nitrogen and oxygen atoms in total. The maximum atomic E-state index is 12.9. The Labute approximate surface area is 161 Å². The van der Waals surface area contributed by atoms with E-state index < -0.39 is 4.92 Å². The number of benzene rings is 3. The molecule has 3 aromatic rings. The molecule has 0 amide bonds. The van der Waals surface area contributed by atoms with Crippen molar-refractivity contribution in [2.24, 2.45) is 0 Å². The molecule has 0 spiro atoms. The van der Waals surface area contributed by atoms with Gasteiger partial charge in [0.2, 0.25) is 0 Å². The molecule has 0 aliphatic carbocycles. The van der Waals surface area contributed by atoms with Crippen LogP contribution in [0.5, 0.6) is 0 Å². The molecule has 0 atom stereocenters. The third kappa shape index (κ3) is 5.15. The SMILES string of the molecule is O=C(C(=Cc1ccc([N+](=O)[O-])cc1)SCc1ccccc1)c1ccccc1. The summed E-state index contributed by atoms with van der Waals surface area (Å²) in [7, 11) is 0. The molecular weight excluding hydrogens is 358 g/mol. The van der Waals surface area contributed by atoms with E-state index in [2.05, 4.69) is 0 Å². The molecule has 0 fully saturated rings. The molecule has 0 N–H and O–H groups in total. The molecular formula is C22H17NO3S. The lowest BCUT2D eigenvalue weighted by molar-refractivity contribution is -0.384. The van der Waals surface area contributed by atoms with Crippen molar-refractivity contribution in [3.05, 3.63) is 117 Å². The molecule has 0 saturated carbocycles. The first-order valence-electron chi connectivity index (χ1n) is 8.36. The van der Waals surface area contributed by atoms with Crippen molar-refractivity contribution in [1.82, 2.24) is 0 Å². The van der Waals surface area contributed by atoms with E-state index in [-0.39, 0.29) is 11.5 Å². The zero-order valence-corrected chi connectivity index (χ0v) is 15.3. The van der Waals surface area contributed by atoms with E-state index in [4.69, 9.17) is 0 Å². The lowest BCUT2D eigenvalue weighted by Crippen LogP contribution is -2.01. The molecule has 27 heavy (non-hydrogen) atoms. The lowest BCUT2D eigenvalue weighted by atomic mass is 10.1. The van der Waals surface area contributed by atoms with E-state index in [9.17, 15) is 14.9 Å². The number of Topliss-reactive ketones (excluding diaryl/α,β-unsaturated/α-hetero) is 1. The highest BCUT2D eigenvalue weighted by atomic mass is 32.2. The van der Waals surface area contributed by atoms with Crippen molar-refractivity contribution < 1.29 is 9.72 Å². The second-order valence-electron chi connectivity index (χ2n) is 5.83. The van der Waals surface area contributed by atoms with E-state index in [0.717, 1.165) is 11.1 Å². The van der Waals surface area contributed by atoms with E-state index in [1.807, 2.05) is 48.5 Å². The van der Waals surface area contributed by atoms with E-state index in [1.54, 1.807) is 30.3 Å². The summed E-state index contributed by atoms with van der Waals surface area (Å²) in [4.78, 5) is 23.9. The van der Waals surface area contributed by atoms with Crippen LogP contribution in [0, 0.1) is 10.1 Å². The zero-order chi connectivity index (χ0) is 19.1. The van der Waals surface area contributed by atoms with Crippen LogP contribution in [-0.4, -0.2) is 10.7 Å². The van der Waals surface area contributed by atoms with Gasteiger partial charge in [-0.05, 0) is 29.3 Å². The highest BCUT2D eigenvalue weighted by Gasteiger charge is 2.13. The molecule has 0 heterocycles. The third-order valence-corrected chi connectivity index (χ3v) is 4.99. The van der Waals surface area contributed by atoms with Gasteiger partial charge in [-0.25, -0.2) is 0 Å². The monoisotopic (exact) mass is 375 g/mol. The lowest BCUT2D eigenvalue weighted by Gasteiger charge is -2.08. The van der Waals surface area contributed by atoms with Gasteiger partial charge < -0.3 is 0 Å². The Morgan fingerprint density at radius 3 is 2.07 bits per heavy atom. The average molecular weight is 375 g/mol. The molecule has 0 saturated heterocycles. The summed E-state index contributed by atoms with van der Waals surface area (Å²) in [6, 6.07) is 25.2. The minimum Gasteiger partial charge on any atom is -0.288 e. The summed E-state index contributed by atoms with van der Waals surface area (Å²) >= 11 is 1.46. The molecule has 0 aromatic heterocycles. The van der Waals surface area contributed by atoms with E-state index in [1.165, 1.54) is 23.9 Å². The number of carbonyl (C=O) groups excluding carboxylic acids is 1. The van der Waals surface area contributed by atoms with Crippen molar-refractivity contribution >= 4 is 29.3 Å². The molecule has 0 radical (unpaired) electrons. The van der Waals surface area contributed by atoms with Gasteiger partial charge in [-0.3, -0.25) is 14.9 Å². The van der Waals surface area contributed by atoms with Crippen LogP contribution in [0.4, 0.5) is 5.69 Å². The molecule has 5 heteroatoms. The number of carbonyl (C=O) groups is 1. The molecule has 0 unspecified atom stereocenters. The van der Waals surface area contributed by atoms with Crippen molar-refractivity contribution in [2.75, 3.05) is 0 Å². The Morgan fingerprint density at radius 1 is 0.889 bits per heavy atom. The Hall–Kier alpha value is -3.18. The molecule has 134 valence electrons. The van der Waals surface area contributed by atoms with Gasteiger partial charge in [0.25, 0.3) is 5.69 Å². The van der Waals surface area contributed by atoms with Crippen molar-refractivity contribution in [3.63, 3.8) is 0 Å². The van der Waals surface area contributed by atoms with Crippen molar-refractivity contribution in [1.29, 1.82) is 0 Å². The third-order valence-electron chi connectivity index (χ3n) is 3.90. The molecule has 0 bridgehead atoms. The summed E-state index contributed by atoms with van der Waals surface area (Å²) in [5.41, 5.74) is 2.52. The van der Waals surface area contributed by atoms with Crippen molar-refractivity contribution in [3.8, 4) is 0 Å². The second-order valence-corrected chi connectivity index (χ2v) is 6.84. The number of thioether (sulfide) groups is 1. The average Bonchev–Trinajstić information content (AvgIpc) is 2.72. The van der Waals surface area contributed by atoms with Crippen LogP contribution in [-0.2, 0) is 5.75 Å². The number of nitro groups is 1. The second kappa shape index (κ2) is 8.96. The normalized spacial score (nSPS) is 11.2. The number of allylic oxidation sites excluding steroid dienone is 1. The maximum absolute atomic E-state index is 12.9. The summed E-state index contributed by atoms with van der Waals surface area (Å²) in [6.07, 6.45) is 1.78. The topological polar surface area (TPSA) is 60.2 Å². The van der Waals surface area contributed by atoms with Crippen LogP contribution in [0.25, 0.3) is 6.08 Å². The number of ketones is 1. The predicted molar refractivity (Wildman–Crippen MR) is 110 cm³/mol. The quantitative estimate of drug-likeness (QED) is 0.228. The summed E-state index contributed by atoms with van der Waals surface area (Å²) in [5.74, 6) is 0.605. The van der Waals surface area contributed by atoms with Gasteiger partial charge in [-0.2, -0.15) is 0 Å². The van der Waals surface area contributed by atoms with Crippen LogP contribution in [0.3, 0.4) is 0 Å². The Morgan fingerprint density at radius 2 is 1.48 bits per heavy atom. The van der Waals surface area contributed by atoms with Crippen LogP contribution in [0.15, 0.2) is 89.8 Å². The molecule has 3 aromatic carbocycles. The van der Waals surface area contributed by atoms with Crippen LogP contribution in [0.2, 0.25) is 0 Å². The fourth-order valence-electron chi connectivity index (χ4n) is 2.48. The maximum Gasteiger partial charge on any atom is 0.269 e. The van der Waals surface area contributed by atoms with E-state index in [0.29, 0.717) is 16.2 Å². The first kappa shape index (κ1) is 18.6. The molecule has 3 rings (SSSR count). The van der Waals surface area contributed by atoms with Gasteiger partial charge in [-0.1, -0.05) is 60.7 Å². The Balaban J connectivity index is 1.88. The largest absolute Gasteiger partial charge is 0.288 e. The number of hydrogen-bond acceptors (Lipinski definition) is 4. The number of nitro benzene ring substituents is 1. The van der Waals surface area contributed by atoms with Crippen LogP contribution < -0.4 is 0 Å². The standard InChI is InChI=1S/C22H17NO3S/c24-22(19-9-5-2-6-10-19)21(27-16-18-7-3-1-4-8-18)15-17-11-13-20(14-12-17)23(25)26/h1-15H,16H2. The van der Waals surface area contributed by atoms with Gasteiger partial charge in [0.05, 0.1) is 9.83 Å². The highest BCUT2D eigenvalue weighted by molar-refractivity contribution is 8.03. The van der Waals surface area contributed by atoms with Gasteiger partial charge in [0.1, 0.15) is 0 Å². The smallest absolute Gasteiger partial charge is 0.269 e. The van der Waals surface area contributed by atoms with Crippen LogP contribution >= 0.6 is 11.8 Å². The minimum atomic E-state index is -0.437. The number of rotatable bonds is 7. The fraction of sp³-hybridized carbons (Fsp3) is 0.0455.